The Morgan fingerprint density at radius 2 is 2.20 bits per heavy atom. The van der Waals surface area contributed by atoms with Crippen molar-refractivity contribution in [2.24, 2.45) is 0 Å². The van der Waals surface area contributed by atoms with Crippen molar-refractivity contribution in [3.8, 4) is 0 Å². The molecule has 2 N–H and O–H groups in total. The van der Waals surface area contributed by atoms with Crippen LogP contribution in [-0.4, -0.2) is 16.7 Å². The molecule has 1 aromatic carbocycles. The molecule has 1 heterocycles. The van der Waals surface area contributed by atoms with E-state index >= 15 is 0 Å². The molecule has 0 aliphatic heterocycles. The number of aromatic amines is 1. The van der Waals surface area contributed by atoms with Gasteiger partial charge >= 0.3 is 0 Å². The number of aryl methyl sites for hydroxylation is 2. The van der Waals surface area contributed by atoms with Gasteiger partial charge in [0.1, 0.15) is 0 Å². The van der Waals surface area contributed by atoms with E-state index < -0.39 is 0 Å². The second-order valence-electron chi connectivity index (χ2n) is 3.80. The van der Waals surface area contributed by atoms with Crippen molar-refractivity contribution in [1.82, 2.24) is 4.98 Å². The Morgan fingerprint density at radius 3 is 2.93 bits per heavy atom. The molecule has 1 aromatic heterocycles. The smallest absolute Gasteiger partial charge is 0.0649 e. The first-order valence-electron chi connectivity index (χ1n) is 5.09. The molecule has 0 saturated carbocycles. The summed E-state index contributed by atoms with van der Waals surface area (Å²) in [5.41, 5.74) is 3.39. The van der Waals surface area contributed by atoms with Gasteiger partial charge in [0.2, 0.25) is 0 Å². The van der Waals surface area contributed by atoms with E-state index in [2.05, 4.69) is 18.0 Å². The molecule has 2 aromatic rings. The second kappa shape index (κ2) is 4.25. The predicted octanol–water partition coefficient (Wildman–Crippen LogP) is 3.05. The molecule has 0 unspecified atom stereocenters. The Bertz CT molecular complexity index is 476. The van der Waals surface area contributed by atoms with Crippen LogP contribution in [0.4, 0.5) is 0 Å². The Hall–Kier alpha value is -0.990. The maximum Gasteiger partial charge on any atom is 0.0649 e. The maximum atomic E-state index is 8.79. The fraction of sp³-hybridized carbons (Fsp3) is 0.333. The molecule has 0 aliphatic carbocycles. The van der Waals surface area contributed by atoms with Gasteiger partial charge in [0.05, 0.1) is 10.5 Å². The molecule has 15 heavy (non-hydrogen) atoms. The van der Waals surface area contributed by atoms with Crippen LogP contribution in [0.25, 0.3) is 10.9 Å². The zero-order chi connectivity index (χ0) is 10.8. The van der Waals surface area contributed by atoms with Crippen LogP contribution in [0.1, 0.15) is 17.5 Å². The minimum absolute atomic E-state index is 0.224. The van der Waals surface area contributed by atoms with Crippen molar-refractivity contribution in [1.29, 1.82) is 0 Å². The molecule has 2 rings (SSSR count). The van der Waals surface area contributed by atoms with Gasteiger partial charge in [0.15, 0.2) is 0 Å². The number of hydrogen-bond acceptors (Lipinski definition) is 1. The highest BCUT2D eigenvalue weighted by molar-refractivity contribution is 6.35. The van der Waals surface area contributed by atoms with E-state index in [9.17, 15) is 0 Å². The van der Waals surface area contributed by atoms with E-state index in [0.29, 0.717) is 0 Å². The number of rotatable bonds is 3. The van der Waals surface area contributed by atoms with E-state index in [4.69, 9.17) is 16.7 Å². The van der Waals surface area contributed by atoms with E-state index in [0.717, 1.165) is 23.4 Å². The standard InChI is InChI=1S/C12H14ClNO/c1-8-7-14-12-10(8)5-9(3-2-4-15)6-11(12)13/h5-7,14-15H,2-4H2,1H3. The molecule has 80 valence electrons. The van der Waals surface area contributed by atoms with Gasteiger partial charge in [0, 0.05) is 18.2 Å². The zero-order valence-corrected chi connectivity index (χ0v) is 9.43. The van der Waals surface area contributed by atoms with Gasteiger partial charge in [-0.3, -0.25) is 0 Å². The van der Waals surface area contributed by atoms with Gasteiger partial charge < -0.3 is 10.1 Å². The Labute approximate surface area is 93.9 Å². The van der Waals surface area contributed by atoms with E-state index in [1.165, 1.54) is 16.5 Å². The summed E-state index contributed by atoms with van der Waals surface area (Å²) in [6.07, 6.45) is 3.62. The minimum atomic E-state index is 0.224. The van der Waals surface area contributed by atoms with Crippen LogP contribution in [0.5, 0.6) is 0 Å². The van der Waals surface area contributed by atoms with Crippen LogP contribution in [-0.2, 0) is 6.42 Å². The van der Waals surface area contributed by atoms with Gasteiger partial charge in [-0.1, -0.05) is 11.6 Å². The zero-order valence-electron chi connectivity index (χ0n) is 8.68. The Kier molecular flexibility index (Phi) is 2.98. The van der Waals surface area contributed by atoms with E-state index in [-0.39, 0.29) is 6.61 Å². The van der Waals surface area contributed by atoms with Crippen molar-refractivity contribution in [3.63, 3.8) is 0 Å². The molecular weight excluding hydrogens is 210 g/mol. The predicted molar refractivity (Wildman–Crippen MR) is 63.5 cm³/mol. The van der Waals surface area contributed by atoms with Crippen LogP contribution in [0.15, 0.2) is 18.3 Å². The van der Waals surface area contributed by atoms with Crippen LogP contribution >= 0.6 is 11.6 Å². The maximum absolute atomic E-state index is 8.79. The fourth-order valence-corrected chi connectivity index (χ4v) is 2.10. The first-order valence-corrected chi connectivity index (χ1v) is 5.47. The molecule has 0 spiro atoms. The summed E-state index contributed by atoms with van der Waals surface area (Å²) in [5.74, 6) is 0. The molecule has 0 amide bonds. The Morgan fingerprint density at radius 1 is 1.40 bits per heavy atom. The van der Waals surface area contributed by atoms with Gasteiger partial charge in [0.25, 0.3) is 0 Å². The first kappa shape index (κ1) is 10.5. The molecule has 0 radical (unpaired) electrons. The van der Waals surface area contributed by atoms with Crippen molar-refractivity contribution in [3.05, 3.63) is 34.5 Å². The van der Waals surface area contributed by atoms with Gasteiger partial charge in [-0.25, -0.2) is 0 Å². The highest BCUT2D eigenvalue weighted by atomic mass is 35.5. The lowest BCUT2D eigenvalue weighted by atomic mass is 10.1. The molecule has 0 bridgehead atoms. The number of nitrogens with one attached hydrogen (secondary N) is 1. The highest BCUT2D eigenvalue weighted by Gasteiger charge is 2.05. The lowest BCUT2D eigenvalue weighted by Crippen LogP contribution is -1.89. The fourth-order valence-electron chi connectivity index (χ4n) is 1.81. The number of benzene rings is 1. The molecule has 0 aliphatic rings. The first-order chi connectivity index (χ1) is 7.22. The third-order valence-electron chi connectivity index (χ3n) is 2.63. The third kappa shape index (κ3) is 2.01. The molecule has 0 fully saturated rings. The van der Waals surface area contributed by atoms with Crippen molar-refractivity contribution in [2.45, 2.75) is 19.8 Å². The van der Waals surface area contributed by atoms with E-state index in [1.807, 2.05) is 12.3 Å². The topological polar surface area (TPSA) is 36.0 Å². The summed E-state index contributed by atoms with van der Waals surface area (Å²) in [6.45, 7) is 2.28. The molecule has 2 nitrogen and oxygen atoms in total. The molecule has 0 saturated heterocycles. The molecular formula is C12H14ClNO. The lowest BCUT2D eigenvalue weighted by Gasteiger charge is -2.02. The quantitative estimate of drug-likeness (QED) is 0.825. The normalized spacial score (nSPS) is 11.1. The monoisotopic (exact) mass is 223 g/mol. The summed E-state index contributed by atoms with van der Waals surface area (Å²) in [7, 11) is 0. The number of hydrogen-bond donors (Lipinski definition) is 2. The van der Waals surface area contributed by atoms with Crippen LogP contribution in [0, 0.1) is 6.92 Å². The number of halogens is 1. The largest absolute Gasteiger partial charge is 0.396 e. The number of aliphatic hydroxyl groups is 1. The number of aliphatic hydroxyl groups excluding tert-OH is 1. The van der Waals surface area contributed by atoms with Crippen molar-refractivity contribution >= 4 is 22.5 Å². The van der Waals surface area contributed by atoms with Crippen LogP contribution in [0.2, 0.25) is 5.02 Å². The average Bonchev–Trinajstić information content (AvgIpc) is 2.58. The van der Waals surface area contributed by atoms with Crippen LogP contribution < -0.4 is 0 Å². The van der Waals surface area contributed by atoms with Crippen molar-refractivity contribution < 1.29 is 5.11 Å². The van der Waals surface area contributed by atoms with Crippen LogP contribution in [0.3, 0.4) is 0 Å². The number of H-pyrrole nitrogens is 1. The average molecular weight is 224 g/mol. The van der Waals surface area contributed by atoms with Gasteiger partial charge in [-0.2, -0.15) is 0 Å². The van der Waals surface area contributed by atoms with Gasteiger partial charge in [-0.15, -0.1) is 0 Å². The minimum Gasteiger partial charge on any atom is -0.396 e. The summed E-state index contributed by atoms with van der Waals surface area (Å²) < 4.78 is 0. The van der Waals surface area contributed by atoms with E-state index in [1.54, 1.807) is 0 Å². The second-order valence-corrected chi connectivity index (χ2v) is 4.21. The van der Waals surface area contributed by atoms with Crippen molar-refractivity contribution in [2.75, 3.05) is 6.61 Å². The summed E-state index contributed by atoms with van der Waals surface area (Å²) in [5, 5.41) is 10.7. The molecule has 0 atom stereocenters. The summed E-state index contributed by atoms with van der Waals surface area (Å²) >= 11 is 6.16. The Balaban J connectivity index is 2.45. The van der Waals surface area contributed by atoms with Gasteiger partial charge in [-0.05, 0) is 43.0 Å². The summed E-state index contributed by atoms with van der Waals surface area (Å²) in [6, 6.07) is 4.11. The number of fused-ring (bicyclic) bond motifs is 1. The lowest BCUT2D eigenvalue weighted by molar-refractivity contribution is 0.288. The summed E-state index contributed by atoms with van der Waals surface area (Å²) in [4.78, 5) is 3.16. The third-order valence-corrected chi connectivity index (χ3v) is 2.93. The highest BCUT2D eigenvalue weighted by Crippen LogP contribution is 2.27. The SMILES string of the molecule is Cc1c[nH]c2c(Cl)cc(CCCO)cc12. The molecule has 3 heteroatoms. The number of aromatic nitrogens is 1.